The van der Waals surface area contributed by atoms with Crippen molar-refractivity contribution >= 4 is 34.2 Å². The number of rotatable bonds is 1. The highest BCUT2D eigenvalue weighted by molar-refractivity contribution is 9.10. The number of likely N-dealkylation sites (tertiary alicyclic amines) is 1. The van der Waals surface area contributed by atoms with Crippen molar-refractivity contribution in [2.24, 2.45) is 11.8 Å². The predicted octanol–water partition coefficient (Wildman–Crippen LogP) is 3.57. The Bertz CT molecular complexity index is 597. The third-order valence-corrected chi connectivity index (χ3v) is 5.00. The minimum Gasteiger partial charge on any atom is -0.338 e. The number of benzene rings is 1. The van der Waals surface area contributed by atoms with Crippen LogP contribution in [0, 0.1) is 11.8 Å². The van der Waals surface area contributed by atoms with Gasteiger partial charge in [-0.25, -0.2) is 0 Å². The van der Waals surface area contributed by atoms with Crippen LogP contribution in [0.2, 0.25) is 0 Å². The van der Waals surface area contributed by atoms with E-state index in [9.17, 15) is 18.0 Å². The molecule has 1 aromatic rings. The first-order valence-corrected chi connectivity index (χ1v) is 8.02. The fourth-order valence-electron chi connectivity index (χ4n) is 3.33. The molecule has 0 aromatic heterocycles. The summed E-state index contributed by atoms with van der Waals surface area (Å²) in [6, 6.07) is 3.71. The van der Waals surface area contributed by atoms with E-state index in [1.807, 2.05) is 0 Å². The Morgan fingerprint density at radius 1 is 1.26 bits per heavy atom. The summed E-state index contributed by atoms with van der Waals surface area (Å²) in [5.41, 5.74) is -1.14. The van der Waals surface area contributed by atoms with Gasteiger partial charge in [0.05, 0.1) is 11.1 Å². The highest BCUT2D eigenvalue weighted by atomic mass is 79.9. The van der Waals surface area contributed by atoms with Crippen LogP contribution in [0.3, 0.4) is 0 Å². The molecular weight excluding hydrogens is 397 g/mol. The minimum atomic E-state index is -4.54. The Labute approximate surface area is 147 Å². The van der Waals surface area contributed by atoms with Crippen LogP contribution in [-0.4, -0.2) is 37.0 Å². The summed E-state index contributed by atoms with van der Waals surface area (Å²) in [5.74, 6) is 0.365. The van der Waals surface area contributed by atoms with Crippen LogP contribution in [0.4, 0.5) is 13.2 Å². The zero-order valence-electron chi connectivity index (χ0n) is 12.2. The first-order valence-electron chi connectivity index (χ1n) is 7.23. The van der Waals surface area contributed by atoms with Gasteiger partial charge in [0.2, 0.25) is 0 Å². The molecular formula is C15H17BrClF3N2O. The Balaban J connectivity index is 0.00000192. The molecule has 2 aliphatic heterocycles. The van der Waals surface area contributed by atoms with Gasteiger partial charge in [0.25, 0.3) is 5.91 Å². The van der Waals surface area contributed by atoms with Crippen LogP contribution in [-0.2, 0) is 6.18 Å². The summed E-state index contributed by atoms with van der Waals surface area (Å²) in [7, 11) is 0. The van der Waals surface area contributed by atoms with Gasteiger partial charge in [-0.3, -0.25) is 4.79 Å². The van der Waals surface area contributed by atoms with Crippen LogP contribution in [0.5, 0.6) is 0 Å². The molecule has 3 rings (SSSR count). The maximum atomic E-state index is 13.2. The molecule has 2 aliphatic rings. The molecule has 3 nitrogen and oxygen atoms in total. The van der Waals surface area contributed by atoms with E-state index in [0.29, 0.717) is 29.4 Å². The fourth-order valence-corrected chi connectivity index (χ4v) is 3.69. The highest BCUT2D eigenvalue weighted by Gasteiger charge is 2.39. The van der Waals surface area contributed by atoms with Crippen molar-refractivity contribution in [2.45, 2.75) is 12.6 Å². The van der Waals surface area contributed by atoms with Gasteiger partial charge in [-0.15, -0.1) is 12.4 Å². The van der Waals surface area contributed by atoms with Gasteiger partial charge in [0.15, 0.2) is 0 Å². The Morgan fingerprint density at radius 2 is 1.96 bits per heavy atom. The number of hydrogen-bond donors (Lipinski definition) is 1. The van der Waals surface area contributed by atoms with Crippen LogP contribution in [0.15, 0.2) is 22.7 Å². The summed E-state index contributed by atoms with van der Waals surface area (Å²) < 4.78 is 39.8. The average molecular weight is 414 g/mol. The van der Waals surface area contributed by atoms with Gasteiger partial charge >= 0.3 is 6.18 Å². The predicted molar refractivity (Wildman–Crippen MR) is 86.8 cm³/mol. The third kappa shape index (κ3) is 3.83. The smallest absolute Gasteiger partial charge is 0.338 e. The number of nitrogens with zero attached hydrogens (tertiary/aromatic N) is 1. The number of hydrogen-bond acceptors (Lipinski definition) is 2. The van der Waals surface area contributed by atoms with Crippen LogP contribution in [0.1, 0.15) is 22.3 Å². The van der Waals surface area contributed by atoms with Crippen molar-refractivity contribution < 1.29 is 18.0 Å². The first kappa shape index (κ1) is 18.5. The molecule has 2 unspecified atom stereocenters. The van der Waals surface area contributed by atoms with Crippen molar-refractivity contribution in [3.8, 4) is 0 Å². The van der Waals surface area contributed by atoms with Gasteiger partial charge < -0.3 is 10.2 Å². The molecule has 0 radical (unpaired) electrons. The van der Waals surface area contributed by atoms with E-state index >= 15 is 0 Å². The number of carbonyl (C=O) groups excluding carboxylic acids is 1. The topological polar surface area (TPSA) is 32.3 Å². The third-order valence-electron chi connectivity index (χ3n) is 4.51. The van der Waals surface area contributed by atoms with Crippen molar-refractivity contribution in [2.75, 3.05) is 26.2 Å². The number of fused-ring (bicyclic) bond motifs is 1. The molecule has 23 heavy (non-hydrogen) atoms. The maximum Gasteiger partial charge on any atom is 0.417 e. The summed E-state index contributed by atoms with van der Waals surface area (Å²) in [5, 5.41) is 3.28. The van der Waals surface area contributed by atoms with Gasteiger partial charge in [0.1, 0.15) is 0 Å². The molecule has 128 valence electrons. The molecule has 0 saturated carbocycles. The van der Waals surface area contributed by atoms with Gasteiger partial charge in [-0.05, 0) is 49.5 Å². The Kier molecular flexibility index (Phi) is 5.63. The van der Waals surface area contributed by atoms with Crippen molar-refractivity contribution in [3.63, 3.8) is 0 Å². The lowest BCUT2D eigenvalue weighted by Gasteiger charge is -2.35. The Hall–Kier alpha value is -0.790. The summed E-state index contributed by atoms with van der Waals surface area (Å²) in [4.78, 5) is 14.1. The molecule has 0 aliphatic carbocycles. The van der Waals surface area contributed by atoms with E-state index in [-0.39, 0.29) is 18.0 Å². The lowest BCUT2D eigenvalue weighted by atomic mass is 9.88. The Morgan fingerprint density at radius 3 is 2.65 bits per heavy atom. The average Bonchev–Trinajstić information content (AvgIpc) is 2.93. The quantitative estimate of drug-likeness (QED) is 0.763. The van der Waals surface area contributed by atoms with E-state index in [2.05, 4.69) is 21.2 Å². The minimum absolute atomic E-state index is 0. The largest absolute Gasteiger partial charge is 0.417 e. The standard InChI is InChI=1S/C15H16BrF3N2O.ClH/c16-11-1-2-12(13(5-11)15(17,18)19)14(22)21-4-3-9-6-20-7-10(9)8-21;/h1-2,5,9-10,20H,3-4,6-8H2;1H. The number of piperidine rings is 1. The molecule has 2 atom stereocenters. The van der Waals surface area contributed by atoms with Crippen molar-refractivity contribution in [1.82, 2.24) is 10.2 Å². The molecule has 1 N–H and O–H groups in total. The highest BCUT2D eigenvalue weighted by Crippen LogP contribution is 2.35. The van der Waals surface area contributed by atoms with E-state index in [1.165, 1.54) is 12.1 Å². The second-order valence-electron chi connectivity index (χ2n) is 5.91. The molecule has 1 amide bonds. The number of nitrogens with one attached hydrogen (secondary N) is 1. The zero-order valence-corrected chi connectivity index (χ0v) is 14.6. The number of amides is 1. The maximum absolute atomic E-state index is 13.2. The number of alkyl halides is 3. The van der Waals surface area contributed by atoms with E-state index in [4.69, 9.17) is 0 Å². The fraction of sp³-hybridized carbons (Fsp3) is 0.533. The molecule has 2 saturated heterocycles. The lowest BCUT2D eigenvalue weighted by molar-refractivity contribution is -0.138. The lowest BCUT2D eigenvalue weighted by Crippen LogP contribution is -2.43. The summed E-state index contributed by atoms with van der Waals surface area (Å²) >= 11 is 3.04. The van der Waals surface area contributed by atoms with Gasteiger partial charge in [0, 0.05) is 17.6 Å². The van der Waals surface area contributed by atoms with Crippen molar-refractivity contribution in [3.05, 3.63) is 33.8 Å². The number of halogens is 5. The zero-order chi connectivity index (χ0) is 15.9. The van der Waals surface area contributed by atoms with Crippen LogP contribution < -0.4 is 5.32 Å². The molecule has 0 spiro atoms. The SMILES string of the molecule is Cl.O=C(c1ccc(Br)cc1C(F)(F)F)N1CCC2CNCC2C1. The van der Waals surface area contributed by atoms with Crippen molar-refractivity contribution in [1.29, 1.82) is 0 Å². The second-order valence-corrected chi connectivity index (χ2v) is 6.82. The van der Waals surface area contributed by atoms with E-state index in [1.54, 1.807) is 4.90 Å². The summed E-state index contributed by atoms with van der Waals surface area (Å²) in [6.07, 6.45) is -3.69. The van der Waals surface area contributed by atoms with Gasteiger partial charge in [-0.1, -0.05) is 15.9 Å². The van der Waals surface area contributed by atoms with E-state index in [0.717, 1.165) is 25.6 Å². The number of carbonyl (C=O) groups is 1. The second kappa shape index (κ2) is 6.99. The van der Waals surface area contributed by atoms with Crippen LogP contribution in [0.25, 0.3) is 0 Å². The van der Waals surface area contributed by atoms with Gasteiger partial charge in [-0.2, -0.15) is 13.2 Å². The molecule has 0 bridgehead atoms. The normalized spacial score (nSPS) is 24.1. The van der Waals surface area contributed by atoms with E-state index < -0.39 is 17.6 Å². The monoisotopic (exact) mass is 412 g/mol. The van der Waals surface area contributed by atoms with Crippen LogP contribution >= 0.6 is 28.3 Å². The molecule has 1 aromatic carbocycles. The molecule has 2 heterocycles. The molecule has 8 heteroatoms. The summed E-state index contributed by atoms with van der Waals surface area (Å²) in [6.45, 7) is 2.83. The molecule has 2 fully saturated rings. The first-order chi connectivity index (χ1) is 10.4.